The Morgan fingerprint density at radius 1 is 0.823 bits per heavy atom. The van der Waals surface area contributed by atoms with Crippen LogP contribution in [-0.2, 0) is 38.0 Å². The van der Waals surface area contributed by atoms with Gasteiger partial charge in [0.25, 0.3) is 0 Å². The Bertz CT molecular complexity index is 2080. The summed E-state index contributed by atoms with van der Waals surface area (Å²) in [7, 11) is 5.72. The number of aliphatic hydroxyl groups is 4. The molecule has 3 saturated heterocycles. The van der Waals surface area contributed by atoms with Crippen molar-refractivity contribution in [1.82, 2.24) is 15.1 Å². The summed E-state index contributed by atoms with van der Waals surface area (Å²) >= 11 is 0. The number of unbranched alkanes of at least 4 members (excludes halogenated alkanes) is 7. The van der Waals surface area contributed by atoms with Crippen LogP contribution in [0.2, 0.25) is 0 Å². The Labute approximate surface area is 475 Å². The van der Waals surface area contributed by atoms with Gasteiger partial charge in [-0.05, 0) is 138 Å². The molecule has 0 bridgehead atoms. The zero-order chi connectivity index (χ0) is 58.5. The van der Waals surface area contributed by atoms with E-state index in [2.05, 4.69) is 72.6 Å². The predicted octanol–water partition coefficient (Wildman–Crippen LogP) is 8.05. The summed E-state index contributed by atoms with van der Waals surface area (Å²) in [5.74, 6) is -2.79. The van der Waals surface area contributed by atoms with E-state index in [0.29, 0.717) is 19.5 Å². The van der Waals surface area contributed by atoms with Gasteiger partial charge in [0.05, 0.1) is 72.2 Å². The Morgan fingerprint density at radius 2 is 1.39 bits per heavy atom. The number of hydrogen-bond acceptors (Lipinski definition) is 15. The molecule has 0 aromatic heterocycles. The first-order valence-electron chi connectivity index (χ1n) is 29.7. The molecular formula is C62H105N3O13P+. The zero-order valence-corrected chi connectivity index (χ0v) is 51.7. The number of amides is 1. The fourth-order valence-corrected chi connectivity index (χ4v) is 16.2. The quantitative estimate of drug-likeness (QED) is 0.0457. The van der Waals surface area contributed by atoms with Gasteiger partial charge in [0.2, 0.25) is 0 Å². The van der Waals surface area contributed by atoms with Crippen LogP contribution in [0.4, 0.5) is 4.79 Å². The third-order valence-corrected chi connectivity index (χ3v) is 21.9. The van der Waals surface area contributed by atoms with Crippen LogP contribution in [-0.4, -0.2) is 187 Å². The second kappa shape index (κ2) is 30.1. The van der Waals surface area contributed by atoms with Gasteiger partial charge in [-0.25, -0.2) is 4.79 Å². The molecule has 450 valence electrons. The lowest BCUT2D eigenvalue weighted by atomic mass is 9.77. The van der Waals surface area contributed by atoms with Gasteiger partial charge in [0.15, 0.2) is 18.7 Å². The molecule has 5 rings (SSSR count). The molecule has 16 nitrogen and oxygen atoms in total. The number of carbonyl (C=O) groups excluding carboxylic acids is 2. The maximum Gasteiger partial charge on any atom is 0.407 e. The van der Waals surface area contributed by atoms with Crippen molar-refractivity contribution >= 4 is 29.9 Å². The molecule has 0 radical (unpaired) electrons. The number of carbonyl (C=O) groups is 2. The van der Waals surface area contributed by atoms with Crippen LogP contribution in [0.1, 0.15) is 146 Å². The third-order valence-electron chi connectivity index (χ3n) is 17.9. The number of nitrogens with zero attached hydrogens (tertiary/aromatic N) is 2. The monoisotopic (exact) mass is 1130 g/mol. The van der Waals surface area contributed by atoms with Gasteiger partial charge < -0.3 is 63.8 Å². The van der Waals surface area contributed by atoms with Gasteiger partial charge in [0, 0.05) is 44.6 Å². The topological polar surface area (TPSA) is 198 Å². The highest BCUT2D eigenvalue weighted by Gasteiger charge is 2.53. The Kier molecular flexibility index (Phi) is 25.5. The second-order valence-electron chi connectivity index (χ2n) is 24.9. The Morgan fingerprint density at radius 3 is 1.95 bits per heavy atom. The summed E-state index contributed by atoms with van der Waals surface area (Å²) in [6.07, 6.45) is 0.619. The van der Waals surface area contributed by atoms with Gasteiger partial charge in [0.1, 0.15) is 23.9 Å². The average Bonchev–Trinajstić information content (AvgIpc) is 3.42. The molecule has 3 heterocycles. The highest BCUT2D eigenvalue weighted by atomic mass is 31.2. The first kappa shape index (κ1) is 67.0. The van der Waals surface area contributed by atoms with E-state index < -0.39 is 109 Å². The number of rotatable bonds is 21. The van der Waals surface area contributed by atoms with E-state index in [1.165, 1.54) is 49.6 Å². The number of hydrogen-bond donors (Lipinski definition) is 5. The molecule has 79 heavy (non-hydrogen) atoms. The van der Waals surface area contributed by atoms with E-state index in [-0.39, 0.29) is 37.3 Å². The molecule has 3 aliphatic rings. The first-order chi connectivity index (χ1) is 37.2. The highest BCUT2D eigenvalue weighted by Crippen LogP contribution is 2.53. The summed E-state index contributed by atoms with van der Waals surface area (Å²) in [5, 5.41) is 54.3. The van der Waals surface area contributed by atoms with Gasteiger partial charge in [-0.3, -0.25) is 9.69 Å². The van der Waals surface area contributed by atoms with Crippen LogP contribution < -0.4 is 15.9 Å². The van der Waals surface area contributed by atoms with Crippen molar-refractivity contribution in [1.29, 1.82) is 0 Å². The molecule has 5 N–H and O–H groups in total. The van der Waals surface area contributed by atoms with Crippen LogP contribution in [0.5, 0.6) is 0 Å². The summed E-state index contributed by atoms with van der Waals surface area (Å²) in [6, 6.07) is 21.1. The lowest BCUT2D eigenvalue weighted by Crippen LogP contribution is -2.61. The predicted molar refractivity (Wildman–Crippen MR) is 313 cm³/mol. The third kappa shape index (κ3) is 17.6. The van der Waals surface area contributed by atoms with Crippen LogP contribution >= 0.6 is 7.26 Å². The number of ether oxygens (including phenoxy) is 7. The first-order valence-corrected chi connectivity index (χ1v) is 32.1. The molecule has 0 saturated carbocycles. The van der Waals surface area contributed by atoms with Crippen molar-refractivity contribution in [3.8, 4) is 0 Å². The standard InChI is InChI=1S/C62H104N3O13P/c1-16-50-62(10,71)56(78-59(69)63-35-29-21-19-17-18-20-22-30-36-79(15,47-31-25-23-26-32-47)48-33-27-24-28-34-48)45(6)65(13)40-41(2)38-60(8,70)55(77-58-52(66)49(64(11)12)37-42(3)73-58)43(4)53(44(5)57(68)75-50)76-51-39-61(9,72-14)54(67)46(7)74-51/h23-28,31-34,41-46,49-56,58,66-67,70-71H,16-22,29-30,35-40H2,1-15H3/p+1/t41-,42-,43+,44-,45-,46+,49+,50-,51+,52-,53+,54+,55-,56-,58+,60-,61-,62-/m1/s1. The van der Waals surface area contributed by atoms with E-state index >= 15 is 0 Å². The molecular weight excluding hydrogens is 1030 g/mol. The Hall–Kier alpha value is -2.83. The van der Waals surface area contributed by atoms with Crippen molar-refractivity contribution in [3.05, 3.63) is 60.7 Å². The molecule has 1 amide bonds. The van der Waals surface area contributed by atoms with Crippen molar-refractivity contribution < 1.29 is 63.2 Å². The van der Waals surface area contributed by atoms with Gasteiger partial charge in [-0.2, -0.15) is 0 Å². The van der Waals surface area contributed by atoms with Crippen LogP contribution in [0.25, 0.3) is 0 Å². The number of likely N-dealkylation sites (N-methyl/N-ethyl adjacent to an activating group) is 2. The van der Waals surface area contributed by atoms with E-state index in [1.807, 2.05) is 58.6 Å². The minimum Gasteiger partial charge on any atom is -0.459 e. The molecule has 0 spiro atoms. The smallest absolute Gasteiger partial charge is 0.407 e. The number of alkyl carbamates (subject to hydrolysis) is 1. The van der Waals surface area contributed by atoms with Crippen molar-refractivity contribution in [2.24, 2.45) is 17.8 Å². The summed E-state index contributed by atoms with van der Waals surface area (Å²) < 4.78 is 44.7. The molecule has 2 aromatic rings. The second-order valence-corrected chi connectivity index (χ2v) is 28.8. The number of cyclic esters (lactones) is 1. The molecule has 2 aromatic carbocycles. The summed E-state index contributed by atoms with van der Waals surface area (Å²) in [6.45, 7) is 21.1. The van der Waals surface area contributed by atoms with Gasteiger partial charge in [-0.1, -0.05) is 89.3 Å². The molecule has 3 fully saturated rings. The number of aliphatic hydroxyl groups excluding tert-OH is 2. The molecule has 0 aliphatic carbocycles. The summed E-state index contributed by atoms with van der Waals surface area (Å²) in [5.41, 5.74) is -4.56. The van der Waals surface area contributed by atoms with Crippen LogP contribution in [0.3, 0.4) is 0 Å². The van der Waals surface area contributed by atoms with E-state index in [0.717, 1.165) is 25.7 Å². The maximum absolute atomic E-state index is 14.8. The zero-order valence-electron chi connectivity index (χ0n) is 50.8. The fourth-order valence-electron chi connectivity index (χ4n) is 12.8. The van der Waals surface area contributed by atoms with E-state index in [9.17, 15) is 30.0 Å². The van der Waals surface area contributed by atoms with Gasteiger partial charge in [-0.15, -0.1) is 0 Å². The van der Waals surface area contributed by atoms with Crippen LogP contribution in [0, 0.1) is 17.8 Å². The summed E-state index contributed by atoms with van der Waals surface area (Å²) in [4.78, 5) is 32.6. The fraction of sp³-hybridized carbons (Fsp3) is 0.774. The minimum absolute atomic E-state index is 0.107. The lowest BCUT2D eigenvalue weighted by molar-refractivity contribution is -0.318. The number of esters is 1. The number of nitrogens with one attached hydrogen (secondary N) is 1. The average molecular weight is 1130 g/mol. The van der Waals surface area contributed by atoms with E-state index in [1.54, 1.807) is 41.5 Å². The minimum atomic E-state index is -1.88. The largest absolute Gasteiger partial charge is 0.459 e. The van der Waals surface area contributed by atoms with Crippen molar-refractivity contribution in [3.63, 3.8) is 0 Å². The number of benzene rings is 2. The molecule has 17 heteroatoms. The maximum atomic E-state index is 14.8. The Balaban J connectivity index is 1.28. The van der Waals surface area contributed by atoms with E-state index in [4.69, 9.17) is 33.2 Å². The molecule has 0 unspecified atom stereocenters. The number of methoxy groups -OCH3 is 1. The molecule has 18 atom stereocenters. The molecule has 3 aliphatic heterocycles. The van der Waals surface area contributed by atoms with Crippen molar-refractivity contribution in [2.45, 2.75) is 237 Å². The van der Waals surface area contributed by atoms with Gasteiger partial charge >= 0.3 is 12.1 Å². The lowest BCUT2D eigenvalue weighted by Gasteiger charge is -2.48. The highest BCUT2D eigenvalue weighted by molar-refractivity contribution is 7.88. The van der Waals surface area contributed by atoms with Crippen molar-refractivity contribution in [2.75, 3.05) is 54.2 Å². The SMILES string of the molecule is CC[C@H]1OC(=O)[C@H](C)[C@@H](O[C@H]2C[C@@](C)(OC)[C@@H](O)[C@H](C)O2)[C@H](C)[C@@H](O[C@@H]2O[C@H](C)C[C@H](N(C)C)[C@H]2O)[C@](C)(O)C[C@@H](C)CN(C)[C@H](C)[C@@H](OC(=O)NCCCCCCCCCC[P+](C)(c2ccccc2)c2ccccc2)[C@]1(C)O. The van der Waals surface area contributed by atoms with Crippen LogP contribution in [0.15, 0.2) is 60.7 Å². The normalized spacial score (nSPS) is 36.7.